The van der Waals surface area contributed by atoms with Gasteiger partial charge in [0.2, 0.25) is 11.8 Å². The lowest BCUT2D eigenvalue weighted by Crippen LogP contribution is -2.52. The number of nitrogens with zero attached hydrogens (tertiary/aromatic N) is 2. The summed E-state index contributed by atoms with van der Waals surface area (Å²) in [5.74, 6) is -0.717. The highest BCUT2D eigenvalue weighted by Crippen LogP contribution is 2.28. The van der Waals surface area contributed by atoms with E-state index in [0.29, 0.717) is 16.3 Å². The maximum atomic E-state index is 14.0. The van der Waals surface area contributed by atoms with Gasteiger partial charge >= 0.3 is 0 Å². The van der Waals surface area contributed by atoms with Crippen LogP contribution in [0.3, 0.4) is 0 Å². The number of hydrogen-bond acceptors (Lipinski definition) is 4. The number of rotatable bonds is 10. The van der Waals surface area contributed by atoms with Crippen molar-refractivity contribution in [3.63, 3.8) is 0 Å². The first kappa shape index (κ1) is 29.6. The Morgan fingerprint density at radius 3 is 2.20 bits per heavy atom. The lowest BCUT2D eigenvalue weighted by molar-refractivity contribution is -0.139. The molecule has 1 N–H and O–H groups in total. The van der Waals surface area contributed by atoms with Crippen LogP contribution in [0.15, 0.2) is 77.7 Å². The van der Waals surface area contributed by atoms with Crippen molar-refractivity contribution in [1.29, 1.82) is 0 Å². The van der Waals surface area contributed by atoms with E-state index in [4.69, 9.17) is 11.6 Å². The van der Waals surface area contributed by atoms with Gasteiger partial charge in [-0.1, -0.05) is 72.5 Å². The molecule has 1 aliphatic rings. The molecule has 40 heavy (non-hydrogen) atoms. The van der Waals surface area contributed by atoms with Crippen molar-refractivity contribution >= 4 is 39.1 Å². The minimum Gasteiger partial charge on any atom is -0.352 e. The summed E-state index contributed by atoms with van der Waals surface area (Å²) in [4.78, 5) is 28.8. The number of carbonyl (C=O) groups excluding carboxylic acids is 2. The summed E-state index contributed by atoms with van der Waals surface area (Å²) in [6, 6.07) is 19.9. The molecule has 3 aromatic rings. The highest BCUT2D eigenvalue weighted by molar-refractivity contribution is 7.92. The number of carbonyl (C=O) groups is 2. The number of amides is 2. The summed E-state index contributed by atoms with van der Waals surface area (Å²) in [5, 5.41) is 3.49. The Kier molecular flexibility index (Phi) is 9.53. The van der Waals surface area contributed by atoms with Crippen molar-refractivity contribution in [1.82, 2.24) is 10.2 Å². The van der Waals surface area contributed by atoms with E-state index >= 15 is 0 Å². The molecular formula is C31H36ClN3O4S. The van der Waals surface area contributed by atoms with Crippen LogP contribution in [0.25, 0.3) is 0 Å². The van der Waals surface area contributed by atoms with Gasteiger partial charge in [-0.05, 0) is 75.1 Å². The van der Waals surface area contributed by atoms with Crippen molar-refractivity contribution in [2.45, 2.75) is 70.0 Å². The molecule has 7 nitrogen and oxygen atoms in total. The van der Waals surface area contributed by atoms with Gasteiger partial charge in [0.25, 0.3) is 10.0 Å². The molecular weight excluding hydrogens is 546 g/mol. The average Bonchev–Trinajstić information content (AvgIpc) is 3.44. The van der Waals surface area contributed by atoms with E-state index in [2.05, 4.69) is 5.32 Å². The molecule has 3 aromatic carbocycles. The minimum atomic E-state index is -4.14. The van der Waals surface area contributed by atoms with E-state index in [0.717, 1.165) is 41.1 Å². The Morgan fingerprint density at radius 2 is 1.57 bits per heavy atom. The SMILES string of the molecule is Cc1ccc(CN(C(=O)CN(c2ccccc2C)S(=O)(=O)c2ccc(Cl)cc2)[C@H](C)C(=O)NC2CCCC2)cc1. The first-order valence-corrected chi connectivity index (χ1v) is 15.4. The van der Waals surface area contributed by atoms with Crippen LogP contribution in [0.5, 0.6) is 0 Å². The molecule has 0 aromatic heterocycles. The molecule has 1 fully saturated rings. The Hall–Kier alpha value is -3.36. The van der Waals surface area contributed by atoms with Crippen LogP contribution in [-0.2, 0) is 26.2 Å². The normalized spacial score (nSPS) is 14.5. The van der Waals surface area contributed by atoms with Crippen LogP contribution in [0.4, 0.5) is 5.69 Å². The standard InChI is InChI=1S/C31H36ClN3O4S/c1-22-12-14-25(15-13-22)20-34(24(3)31(37)33-27-9-5-6-10-27)30(36)21-35(29-11-7-4-8-23(29)2)40(38,39)28-18-16-26(32)17-19-28/h4,7-8,11-19,24,27H,5-6,9-10,20-21H2,1-3H3,(H,33,37)/t24-/m1/s1. The van der Waals surface area contributed by atoms with Crippen LogP contribution in [0.2, 0.25) is 5.02 Å². The van der Waals surface area contributed by atoms with Crippen molar-refractivity contribution in [3.8, 4) is 0 Å². The number of benzene rings is 3. The molecule has 9 heteroatoms. The molecule has 0 spiro atoms. The number of aryl methyl sites for hydroxylation is 2. The van der Waals surface area contributed by atoms with Gasteiger partial charge in [0.05, 0.1) is 10.6 Å². The summed E-state index contributed by atoms with van der Waals surface area (Å²) in [6.07, 6.45) is 3.98. The van der Waals surface area contributed by atoms with Crippen molar-refractivity contribution in [2.24, 2.45) is 0 Å². The third-order valence-electron chi connectivity index (χ3n) is 7.41. The number of para-hydroxylation sites is 1. The maximum absolute atomic E-state index is 14.0. The molecule has 0 saturated heterocycles. The quantitative estimate of drug-likeness (QED) is 0.336. The van der Waals surface area contributed by atoms with Crippen LogP contribution < -0.4 is 9.62 Å². The van der Waals surface area contributed by atoms with Gasteiger partial charge in [0.1, 0.15) is 12.6 Å². The van der Waals surface area contributed by atoms with Crippen molar-refractivity contribution in [3.05, 3.63) is 94.5 Å². The van der Waals surface area contributed by atoms with Crippen molar-refractivity contribution in [2.75, 3.05) is 10.8 Å². The summed E-state index contributed by atoms with van der Waals surface area (Å²) >= 11 is 6.01. The Labute approximate surface area is 242 Å². The van der Waals surface area contributed by atoms with E-state index in [-0.39, 0.29) is 23.4 Å². The summed E-state index contributed by atoms with van der Waals surface area (Å²) in [5.41, 5.74) is 3.02. The third-order valence-corrected chi connectivity index (χ3v) is 9.43. The highest BCUT2D eigenvalue weighted by atomic mass is 35.5. The van der Waals surface area contributed by atoms with Gasteiger partial charge in [-0.2, -0.15) is 0 Å². The highest BCUT2D eigenvalue weighted by Gasteiger charge is 2.33. The first-order valence-electron chi connectivity index (χ1n) is 13.6. The maximum Gasteiger partial charge on any atom is 0.264 e. The molecule has 0 bridgehead atoms. The molecule has 4 rings (SSSR count). The lowest BCUT2D eigenvalue weighted by atomic mass is 10.1. The van der Waals surface area contributed by atoms with Gasteiger partial charge in [-0.15, -0.1) is 0 Å². The second-order valence-electron chi connectivity index (χ2n) is 10.4. The zero-order valence-corrected chi connectivity index (χ0v) is 24.7. The molecule has 212 valence electrons. The third kappa shape index (κ3) is 7.04. The monoisotopic (exact) mass is 581 g/mol. The zero-order chi connectivity index (χ0) is 28.9. The van der Waals surface area contributed by atoms with Crippen molar-refractivity contribution < 1.29 is 18.0 Å². The molecule has 0 radical (unpaired) electrons. The predicted molar refractivity (Wildman–Crippen MR) is 159 cm³/mol. The van der Waals surface area contributed by atoms with E-state index in [1.165, 1.54) is 29.2 Å². The summed E-state index contributed by atoms with van der Waals surface area (Å²) in [6.45, 7) is 5.17. The second-order valence-corrected chi connectivity index (χ2v) is 12.7. The van der Waals surface area contributed by atoms with E-state index in [1.54, 1.807) is 32.0 Å². The number of hydrogen-bond donors (Lipinski definition) is 1. The topological polar surface area (TPSA) is 86.8 Å². The van der Waals surface area contributed by atoms with E-state index in [9.17, 15) is 18.0 Å². The van der Waals surface area contributed by atoms with Gasteiger partial charge < -0.3 is 10.2 Å². The fourth-order valence-corrected chi connectivity index (χ4v) is 6.56. The zero-order valence-electron chi connectivity index (χ0n) is 23.1. The molecule has 1 atom stereocenters. The lowest BCUT2D eigenvalue weighted by Gasteiger charge is -2.33. The fourth-order valence-electron chi connectivity index (χ4n) is 4.96. The fraction of sp³-hybridized carbons (Fsp3) is 0.355. The Morgan fingerprint density at radius 1 is 0.950 bits per heavy atom. The van der Waals surface area contributed by atoms with Gasteiger partial charge in [-0.25, -0.2) is 8.42 Å². The molecule has 1 saturated carbocycles. The second kappa shape index (κ2) is 12.9. The van der Waals surface area contributed by atoms with E-state index in [1.807, 2.05) is 37.3 Å². The smallest absolute Gasteiger partial charge is 0.264 e. The number of anilines is 1. The largest absolute Gasteiger partial charge is 0.352 e. The molecule has 2 amide bonds. The van der Waals surface area contributed by atoms with E-state index < -0.39 is 28.5 Å². The van der Waals surface area contributed by atoms with Crippen LogP contribution in [-0.4, -0.2) is 43.8 Å². The van der Waals surface area contributed by atoms with Gasteiger partial charge in [0.15, 0.2) is 0 Å². The Balaban J connectivity index is 1.69. The molecule has 0 heterocycles. The van der Waals surface area contributed by atoms with Crippen LogP contribution in [0, 0.1) is 13.8 Å². The number of sulfonamides is 1. The van der Waals surface area contributed by atoms with Gasteiger partial charge in [-0.3, -0.25) is 13.9 Å². The Bertz CT molecular complexity index is 1440. The van der Waals surface area contributed by atoms with Crippen LogP contribution >= 0.6 is 11.6 Å². The number of nitrogens with one attached hydrogen (secondary N) is 1. The molecule has 0 aliphatic heterocycles. The average molecular weight is 582 g/mol. The summed E-state index contributed by atoms with van der Waals surface area (Å²) < 4.78 is 29.0. The number of halogens is 1. The molecule has 1 aliphatic carbocycles. The summed E-state index contributed by atoms with van der Waals surface area (Å²) in [7, 11) is -4.14. The van der Waals surface area contributed by atoms with Gasteiger partial charge in [0, 0.05) is 17.6 Å². The van der Waals surface area contributed by atoms with Crippen LogP contribution in [0.1, 0.15) is 49.3 Å². The molecule has 0 unspecified atom stereocenters. The minimum absolute atomic E-state index is 0.0186. The first-order chi connectivity index (χ1) is 19.1. The predicted octanol–water partition coefficient (Wildman–Crippen LogP) is 5.63.